The lowest BCUT2D eigenvalue weighted by molar-refractivity contribution is -0.00676. The molecule has 0 aliphatic carbocycles. The van der Waals surface area contributed by atoms with Crippen molar-refractivity contribution in [3.63, 3.8) is 0 Å². The summed E-state index contributed by atoms with van der Waals surface area (Å²) in [5.74, 6) is 1.22. The number of rotatable bonds is 3. The zero-order valence-corrected chi connectivity index (χ0v) is 19.6. The minimum absolute atomic E-state index is 0.0919. The number of ether oxygens (including phenoxy) is 2. The van der Waals surface area contributed by atoms with Crippen molar-refractivity contribution in [1.82, 2.24) is 9.80 Å². The summed E-state index contributed by atoms with van der Waals surface area (Å²) < 4.78 is 11.8. The molecule has 0 spiro atoms. The highest BCUT2D eigenvalue weighted by Gasteiger charge is 2.31. The van der Waals surface area contributed by atoms with Crippen molar-refractivity contribution in [2.24, 2.45) is 5.92 Å². The summed E-state index contributed by atoms with van der Waals surface area (Å²) >= 11 is 6.05. The molecular weight excluding hydrogens is 424 g/mol. The third-order valence-electron chi connectivity index (χ3n) is 6.63. The van der Waals surface area contributed by atoms with Crippen molar-refractivity contribution in [1.29, 1.82) is 0 Å². The molecule has 0 N–H and O–H groups in total. The van der Waals surface area contributed by atoms with Gasteiger partial charge in [0, 0.05) is 49.8 Å². The van der Waals surface area contributed by atoms with E-state index in [0.29, 0.717) is 18.1 Å². The summed E-state index contributed by atoms with van der Waals surface area (Å²) in [5.41, 5.74) is 1.95. The van der Waals surface area contributed by atoms with Crippen LogP contribution in [0, 0.1) is 5.92 Å². The zero-order chi connectivity index (χ0) is 22.3. The van der Waals surface area contributed by atoms with Gasteiger partial charge in [-0.05, 0) is 61.7 Å². The maximum atomic E-state index is 13.1. The third-order valence-corrected chi connectivity index (χ3v) is 6.88. The Morgan fingerprint density at radius 1 is 1.06 bits per heavy atom. The minimum atomic E-state index is 0.0919. The molecule has 2 aromatic carbocycles. The molecule has 1 amide bonds. The lowest BCUT2D eigenvalue weighted by Gasteiger charge is -2.38. The van der Waals surface area contributed by atoms with Gasteiger partial charge in [-0.15, -0.1) is 0 Å². The monoisotopic (exact) mass is 456 g/mol. The summed E-state index contributed by atoms with van der Waals surface area (Å²) in [5, 5.41) is 0.762. The van der Waals surface area contributed by atoms with Gasteiger partial charge in [-0.3, -0.25) is 9.69 Å². The van der Waals surface area contributed by atoms with E-state index in [1.807, 2.05) is 41.3 Å². The minimum Gasteiger partial charge on any atom is -0.492 e. The van der Waals surface area contributed by atoms with Crippen LogP contribution < -0.4 is 4.74 Å². The maximum Gasteiger partial charge on any atom is 0.254 e. The molecule has 32 heavy (non-hydrogen) atoms. The SMILES string of the molecule is CO[C@@H]1CCN2C[C@@H]1CCCCN(Cc1ccc(Cl)cc1)CCOc1cccc(c1)C2=O. The number of carbonyl (C=O) groups excluding carboxylic acids is 1. The Kier molecular flexibility index (Phi) is 8.06. The van der Waals surface area contributed by atoms with Gasteiger partial charge in [0.1, 0.15) is 12.4 Å². The van der Waals surface area contributed by atoms with Crippen LogP contribution in [0.15, 0.2) is 48.5 Å². The van der Waals surface area contributed by atoms with Gasteiger partial charge in [0.2, 0.25) is 0 Å². The molecule has 172 valence electrons. The summed E-state index contributed by atoms with van der Waals surface area (Å²) in [6.45, 7) is 4.81. The third kappa shape index (κ3) is 6.03. The van der Waals surface area contributed by atoms with E-state index in [1.165, 1.54) is 5.56 Å². The van der Waals surface area contributed by atoms with Crippen LogP contribution in [-0.2, 0) is 11.3 Å². The number of hydrogen-bond acceptors (Lipinski definition) is 4. The number of fused-ring (bicyclic) bond motifs is 4. The Bertz CT molecular complexity index is 889. The van der Waals surface area contributed by atoms with E-state index in [0.717, 1.165) is 69.2 Å². The molecule has 2 aliphatic rings. The van der Waals surface area contributed by atoms with Crippen LogP contribution in [-0.4, -0.2) is 61.7 Å². The van der Waals surface area contributed by atoms with Crippen LogP contribution in [0.5, 0.6) is 5.75 Å². The standard InChI is InChI=1S/C26H33ClN2O3/c1-31-25-12-14-29-19-22(25)5-2-3-13-28(18-20-8-10-23(27)11-9-20)15-16-32-24-7-4-6-21(17-24)26(29)30/h4,6-11,17,22,25H,2-3,5,12-16,18-19H2,1H3/t22-,25+/m0/s1. The highest BCUT2D eigenvalue weighted by molar-refractivity contribution is 6.30. The van der Waals surface area contributed by atoms with E-state index in [1.54, 1.807) is 7.11 Å². The lowest BCUT2D eigenvalue weighted by atomic mass is 9.89. The van der Waals surface area contributed by atoms with Crippen molar-refractivity contribution in [2.45, 2.75) is 38.3 Å². The Balaban J connectivity index is 1.50. The molecule has 0 aromatic heterocycles. The molecule has 2 aromatic rings. The highest BCUT2D eigenvalue weighted by Crippen LogP contribution is 2.27. The zero-order valence-electron chi connectivity index (χ0n) is 18.8. The molecular formula is C26H33ClN2O3. The van der Waals surface area contributed by atoms with Gasteiger partial charge in [0.05, 0.1) is 6.10 Å². The molecule has 0 radical (unpaired) electrons. The predicted molar refractivity (Wildman–Crippen MR) is 127 cm³/mol. The number of piperidine rings is 1. The average Bonchev–Trinajstić information content (AvgIpc) is 2.82. The lowest BCUT2D eigenvalue weighted by Crippen LogP contribution is -2.46. The topological polar surface area (TPSA) is 42.0 Å². The summed E-state index contributed by atoms with van der Waals surface area (Å²) in [4.78, 5) is 17.6. The first-order valence-corrected chi connectivity index (χ1v) is 12.0. The van der Waals surface area contributed by atoms with Crippen LogP contribution in [0.1, 0.15) is 41.6 Å². The molecule has 2 heterocycles. The molecule has 5 nitrogen and oxygen atoms in total. The Labute approximate surface area is 196 Å². The molecule has 2 atom stereocenters. The van der Waals surface area contributed by atoms with Crippen molar-refractivity contribution < 1.29 is 14.3 Å². The van der Waals surface area contributed by atoms with E-state index >= 15 is 0 Å². The van der Waals surface area contributed by atoms with Crippen LogP contribution in [0.2, 0.25) is 5.02 Å². The maximum absolute atomic E-state index is 13.1. The number of benzene rings is 2. The largest absolute Gasteiger partial charge is 0.492 e. The highest BCUT2D eigenvalue weighted by atomic mass is 35.5. The van der Waals surface area contributed by atoms with Crippen LogP contribution in [0.25, 0.3) is 0 Å². The number of nitrogens with zero attached hydrogens (tertiary/aromatic N) is 2. The van der Waals surface area contributed by atoms with Gasteiger partial charge in [0.15, 0.2) is 0 Å². The summed E-state index contributed by atoms with van der Waals surface area (Å²) in [6.07, 6.45) is 4.44. The quantitative estimate of drug-likeness (QED) is 0.660. The number of halogens is 1. The second-order valence-corrected chi connectivity index (χ2v) is 9.29. The van der Waals surface area contributed by atoms with Crippen molar-refractivity contribution in [2.75, 3.05) is 39.9 Å². The van der Waals surface area contributed by atoms with Crippen molar-refractivity contribution in [3.8, 4) is 5.75 Å². The molecule has 1 fully saturated rings. The first kappa shape index (κ1) is 23.1. The summed E-state index contributed by atoms with van der Waals surface area (Å²) in [6, 6.07) is 15.7. The smallest absolute Gasteiger partial charge is 0.254 e. The molecule has 4 bridgehead atoms. The summed E-state index contributed by atoms with van der Waals surface area (Å²) in [7, 11) is 1.80. The predicted octanol–water partition coefficient (Wildman–Crippen LogP) is 4.88. The van der Waals surface area contributed by atoms with E-state index in [2.05, 4.69) is 17.0 Å². The molecule has 0 unspecified atom stereocenters. The van der Waals surface area contributed by atoms with E-state index in [9.17, 15) is 4.79 Å². The number of methoxy groups -OCH3 is 1. The van der Waals surface area contributed by atoms with Crippen LogP contribution >= 0.6 is 11.6 Å². The fraction of sp³-hybridized carbons (Fsp3) is 0.500. The number of amides is 1. The van der Waals surface area contributed by atoms with Gasteiger partial charge in [-0.1, -0.05) is 36.2 Å². The van der Waals surface area contributed by atoms with Crippen molar-refractivity contribution in [3.05, 3.63) is 64.7 Å². The molecule has 1 saturated heterocycles. The van der Waals surface area contributed by atoms with Gasteiger partial charge in [-0.2, -0.15) is 0 Å². The Morgan fingerprint density at radius 3 is 2.72 bits per heavy atom. The number of hydrogen-bond donors (Lipinski definition) is 0. The van der Waals surface area contributed by atoms with E-state index in [4.69, 9.17) is 21.1 Å². The van der Waals surface area contributed by atoms with Crippen molar-refractivity contribution >= 4 is 17.5 Å². The molecule has 6 heteroatoms. The second-order valence-electron chi connectivity index (χ2n) is 8.85. The number of carbonyl (C=O) groups is 1. The second kappa shape index (κ2) is 11.2. The van der Waals surface area contributed by atoms with Gasteiger partial charge < -0.3 is 14.4 Å². The van der Waals surface area contributed by atoms with Gasteiger partial charge >= 0.3 is 0 Å². The van der Waals surface area contributed by atoms with Gasteiger partial charge in [-0.25, -0.2) is 0 Å². The fourth-order valence-corrected chi connectivity index (χ4v) is 4.96. The van der Waals surface area contributed by atoms with E-state index < -0.39 is 0 Å². The van der Waals surface area contributed by atoms with Crippen LogP contribution in [0.3, 0.4) is 0 Å². The first-order chi connectivity index (χ1) is 15.6. The molecule has 0 saturated carbocycles. The average molecular weight is 457 g/mol. The first-order valence-electron chi connectivity index (χ1n) is 11.6. The van der Waals surface area contributed by atoms with E-state index in [-0.39, 0.29) is 12.0 Å². The molecule has 4 rings (SSSR count). The Hall–Kier alpha value is -2.08. The molecule has 2 aliphatic heterocycles. The van der Waals surface area contributed by atoms with Gasteiger partial charge in [0.25, 0.3) is 5.91 Å². The normalized spacial score (nSPS) is 23.2. The van der Waals surface area contributed by atoms with Crippen LogP contribution in [0.4, 0.5) is 0 Å². The fourth-order valence-electron chi connectivity index (χ4n) is 4.84. The Morgan fingerprint density at radius 2 is 1.91 bits per heavy atom.